The molecular formula is C24H35N5O4. The van der Waals surface area contributed by atoms with Gasteiger partial charge in [0.1, 0.15) is 6.10 Å². The first-order valence-corrected chi connectivity index (χ1v) is 12.0. The summed E-state index contributed by atoms with van der Waals surface area (Å²) in [6.45, 7) is 5.60. The van der Waals surface area contributed by atoms with Gasteiger partial charge in [-0.05, 0) is 38.5 Å². The summed E-state index contributed by atoms with van der Waals surface area (Å²) < 4.78 is 17.0. The number of rotatable bonds is 8. The molecule has 0 bridgehead atoms. The van der Waals surface area contributed by atoms with E-state index in [4.69, 9.17) is 24.2 Å². The molecule has 2 N–H and O–H groups in total. The van der Waals surface area contributed by atoms with Crippen LogP contribution in [0.15, 0.2) is 12.4 Å². The number of carbonyl (C=O) groups excluding carboxylic acids is 1. The van der Waals surface area contributed by atoms with E-state index in [0.717, 1.165) is 55.0 Å². The van der Waals surface area contributed by atoms with Crippen molar-refractivity contribution in [3.8, 4) is 5.88 Å². The summed E-state index contributed by atoms with van der Waals surface area (Å²) in [6, 6.07) is 0.333. The number of methoxy groups -OCH3 is 1. The molecule has 1 aliphatic heterocycles. The third kappa shape index (κ3) is 6.09. The molecule has 2 aromatic rings. The van der Waals surface area contributed by atoms with E-state index in [1.807, 2.05) is 19.3 Å². The van der Waals surface area contributed by atoms with Crippen LogP contribution in [0, 0.1) is 0 Å². The predicted molar refractivity (Wildman–Crippen MR) is 126 cm³/mol. The van der Waals surface area contributed by atoms with Crippen LogP contribution in [-0.2, 0) is 14.3 Å². The van der Waals surface area contributed by atoms with Crippen molar-refractivity contribution in [1.82, 2.24) is 20.3 Å². The maximum absolute atomic E-state index is 11.4. The summed E-state index contributed by atoms with van der Waals surface area (Å²) in [5.41, 5.74) is 2.01. The lowest BCUT2D eigenvalue weighted by Gasteiger charge is -2.30. The van der Waals surface area contributed by atoms with E-state index >= 15 is 0 Å². The molecule has 0 radical (unpaired) electrons. The number of ether oxygens (including phenoxy) is 3. The second-order valence-electron chi connectivity index (χ2n) is 9.15. The summed E-state index contributed by atoms with van der Waals surface area (Å²) >= 11 is 0. The monoisotopic (exact) mass is 457 g/mol. The number of fused-ring (bicyclic) bond motifs is 1. The van der Waals surface area contributed by atoms with Crippen molar-refractivity contribution in [2.45, 2.75) is 76.5 Å². The van der Waals surface area contributed by atoms with Crippen LogP contribution >= 0.6 is 0 Å². The molecule has 2 fully saturated rings. The van der Waals surface area contributed by atoms with Gasteiger partial charge in [0.05, 0.1) is 30.7 Å². The lowest BCUT2D eigenvalue weighted by Crippen LogP contribution is -2.35. The molecule has 1 saturated heterocycles. The Morgan fingerprint density at radius 3 is 2.61 bits per heavy atom. The van der Waals surface area contributed by atoms with Gasteiger partial charge < -0.3 is 24.8 Å². The van der Waals surface area contributed by atoms with Crippen molar-refractivity contribution in [2.75, 3.05) is 32.2 Å². The van der Waals surface area contributed by atoms with Crippen LogP contribution in [0.25, 0.3) is 10.9 Å². The SMILES string of the molecule is COC[C@H](C)Nc1ncc2c(OC3CCOCC3)ncc(C3CCC(NC(C)=O)CC3)c2n1. The van der Waals surface area contributed by atoms with Crippen LogP contribution in [0.3, 0.4) is 0 Å². The summed E-state index contributed by atoms with van der Waals surface area (Å²) in [5, 5.41) is 7.22. The predicted octanol–water partition coefficient (Wildman–Crippen LogP) is 3.19. The highest BCUT2D eigenvalue weighted by Gasteiger charge is 2.27. The maximum atomic E-state index is 11.4. The second kappa shape index (κ2) is 11.1. The minimum Gasteiger partial charge on any atom is -0.474 e. The van der Waals surface area contributed by atoms with Gasteiger partial charge in [-0.1, -0.05) is 0 Å². The molecule has 2 aromatic heterocycles. The fourth-order valence-corrected chi connectivity index (χ4v) is 4.78. The minimum absolute atomic E-state index is 0.0359. The quantitative estimate of drug-likeness (QED) is 0.622. The van der Waals surface area contributed by atoms with Gasteiger partial charge in [0.25, 0.3) is 0 Å². The highest BCUT2D eigenvalue weighted by molar-refractivity contribution is 5.86. The molecule has 1 amide bonds. The smallest absolute Gasteiger partial charge is 0.224 e. The number of anilines is 1. The highest BCUT2D eigenvalue weighted by Crippen LogP contribution is 2.38. The Morgan fingerprint density at radius 2 is 1.91 bits per heavy atom. The molecule has 1 aliphatic carbocycles. The van der Waals surface area contributed by atoms with E-state index in [1.54, 1.807) is 14.0 Å². The lowest BCUT2D eigenvalue weighted by molar-refractivity contribution is -0.119. The second-order valence-corrected chi connectivity index (χ2v) is 9.15. The highest BCUT2D eigenvalue weighted by atomic mass is 16.5. The van der Waals surface area contributed by atoms with Gasteiger partial charge in [0, 0.05) is 56.9 Å². The molecular weight excluding hydrogens is 422 g/mol. The average molecular weight is 458 g/mol. The summed E-state index contributed by atoms with van der Waals surface area (Å²) in [4.78, 5) is 25.6. The Hall–Kier alpha value is -2.52. The van der Waals surface area contributed by atoms with E-state index < -0.39 is 0 Å². The molecule has 1 atom stereocenters. The standard InChI is InChI=1S/C24H35N5O4/c1-15(14-31-3)27-24-26-13-21-22(29-24)20(17-4-6-18(7-5-17)28-16(2)30)12-25-23(21)33-19-8-10-32-11-9-19/h12-13,15,17-19H,4-11,14H2,1-3H3,(H,28,30)(H,26,27,29)/t15-,17?,18?/m0/s1. The van der Waals surface area contributed by atoms with Crippen LogP contribution in [0.2, 0.25) is 0 Å². The first-order valence-electron chi connectivity index (χ1n) is 12.0. The van der Waals surface area contributed by atoms with Gasteiger partial charge in [-0.3, -0.25) is 4.79 Å². The first-order chi connectivity index (χ1) is 16.0. The fourth-order valence-electron chi connectivity index (χ4n) is 4.78. The van der Waals surface area contributed by atoms with Gasteiger partial charge in [0.15, 0.2) is 0 Å². The van der Waals surface area contributed by atoms with Crippen molar-refractivity contribution in [2.24, 2.45) is 0 Å². The Kier molecular flexibility index (Phi) is 7.93. The Labute approximate surface area is 195 Å². The third-order valence-electron chi connectivity index (χ3n) is 6.43. The molecule has 4 rings (SSSR count). The normalized spacial score (nSPS) is 22.6. The van der Waals surface area contributed by atoms with Crippen molar-refractivity contribution in [3.63, 3.8) is 0 Å². The Morgan fingerprint density at radius 1 is 1.15 bits per heavy atom. The molecule has 1 saturated carbocycles. The van der Waals surface area contributed by atoms with E-state index in [2.05, 4.69) is 15.6 Å². The number of hydrogen-bond donors (Lipinski definition) is 2. The zero-order chi connectivity index (χ0) is 23.2. The Bertz CT molecular complexity index is 942. The number of pyridine rings is 1. The van der Waals surface area contributed by atoms with Gasteiger partial charge in [-0.25, -0.2) is 15.0 Å². The van der Waals surface area contributed by atoms with Crippen LogP contribution in [0.1, 0.15) is 63.9 Å². The molecule has 0 spiro atoms. The van der Waals surface area contributed by atoms with Crippen molar-refractivity contribution in [1.29, 1.82) is 0 Å². The first kappa shape index (κ1) is 23.6. The average Bonchev–Trinajstić information content (AvgIpc) is 2.80. The Balaban J connectivity index is 1.61. The molecule has 0 unspecified atom stereocenters. The van der Waals surface area contributed by atoms with Gasteiger partial charge >= 0.3 is 0 Å². The van der Waals surface area contributed by atoms with Crippen molar-refractivity contribution in [3.05, 3.63) is 18.0 Å². The number of aromatic nitrogens is 3. The largest absolute Gasteiger partial charge is 0.474 e. The number of carbonyl (C=O) groups is 1. The van der Waals surface area contributed by atoms with E-state index in [1.165, 1.54) is 0 Å². The minimum atomic E-state index is 0.0359. The van der Waals surface area contributed by atoms with Crippen LogP contribution in [0.5, 0.6) is 5.88 Å². The summed E-state index contributed by atoms with van der Waals surface area (Å²) in [5.74, 6) is 1.53. The van der Waals surface area contributed by atoms with Gasteiger partial charge in [-0.2, -0.15) is 0 Å². The molecule has 2 aliphatic rings. The fraction of sp³-hybridized carbons (Fsp3) is 0.667. The number of hydrogen-bond acceptors (Lipinski definition) is 8. The summed E-state index contributed by atoms with van der Waals surface area (Å²) in [6.07, 6.45) is 9.41. The topological polar surface area (TPSA) is 107 Å². The van der Waals surface area contributed by atoms with E-state index in [-0.39, 0.29) is 24.1 Å². The molecule has 9 nitrogen and oxygen atoms in total. The number of nitrogens with one attached hydrogen (secondary N) is 2. The van der Waals surface area contributed by atoms with Crippen molar-refractivity contribution >= 4 is 22.8 Å². The molecule has 180 valence electrons. The molecule has 3 heterocycles. The van der Waals surface area contributed by atoms with Gasteiger partial charge in [-0.15, -0.1) is 0 Å². The molecule has 33 heavy (non-hydrogen) atoms. The molecule has 9 heteroatoms. The van der Waals surface area contributed by atoms with E-state index in [0.29, 0.717) is 37.6 Å². The summed E-state index contributed by atoms with van der Waals surface area (Å²) in [7, 11) is 1.68. The zero-order valence-electron chi connectivity index (χ0n) is 19.8. The van der Waals surface area contributed by atoms with E-state index in [9.17, 15) is 4.79 Å². The number of nitrogens with zero attached hydrogens (tertiary/aromatic N) is 3. The maximum Gasteiger partial charge on any atom is 0.224 e. The number of amides is 1. The van der Waals surface area contributed by atoms with Crippen LogP contribution < -0.4 is 15.4 Å². The van der Waals surface area contributed by atoms with Crippen molar-refractivity contribution < 1.29 is 19.0 Å². The zero-order valence-corrected chi connectivity index (χ0v) is 19.8. The van der Waals surface area contributed by atoms with Gasteiger partial charge in [0.2, 0.25) is 17.7 Å². The third-order valence-corrected chi connectivity index (χ3v) is 6.43. The van der Waals surface area contributed by atoms with Crippen LogP contribution in [0.4, 0.5) is 5.95 Å². The molecule has 0 aromatic carbocycles. The lowest BCUT2D eigenvalue weighted by atomic mass is 9.81. The van der Waals surface area contributed by atoms with Crippen LogP contribution in [-0.4, -0.2) is 66.0 Å².